The van der Waals surface area contributed by atoms with Gasteiger partial charge in [-0.15, -0.1) is 0 Å². The Morgan fingerprint density at radius 3 is 2.44 bits per heavy atom. The summed E-state index contributed by atoms with van der Waals surface area (Å²) in [5, 5.41) is 13.1. The van der Waals surface area contributed by atoms with Gasteiger partial charge in [0.1, 0.15) is 11.9 Å². The average molecular weight is 328 g/mol. The van der Waals surface area contributed by atoms with Crippen molar-refractivity contribution < 1.29 is 5.11 Å². The van der Waals surface area contributed by atoms with Crippen LogP contribution in [0.3, 0.4) is 0 Å². The number of aryl methyl sites for hydroxylation is 2. The number of rotatable bonds is 3. The van der Waals surface area contributed by atoms with E-state index >= 15 is 0 Å². The van der Waals surface area contributed by atoms with Gasteiger partial charge in [-0.25, -0.2) is 4.98 Å². The van der Waals surface area contributed by atoms with Crippen molar-refractivity contribution >= 4 is 10.8 Å². The molecule has 0 spiro atoms. The van der Waals surface area contributed by atoms with E-state index in [1.165, 1.54) is 10.8 Å². The third-order valence-corrected chi connectivity index (χ3v) is 4.49. The van der Waals surface area contributed by atoms with E-state index in [9.17, 15) is 5.11 Å². The van der Waals surface area contributed by atoms with Gasteiger partial charge in [0, 0.05) is 5.56 Å². The van der Waals surface area contributed by atoms with E-state index in [4.69, 9.17) is 0 Å². The van der Waals surface area contributed by atoms with Crippen LogP contribution in [0, 0.1) is 13.8 Å². The second kappa shape index (κ2) is 6.19. The van der Waals surface area contributed by atoms with Gasteiger partial charge in [-0.2, -0.15) is 0 Å². The highest BCUT2D eigenvalue weighted by molar-refractivity contribution is 5.95. The first-order valence-electron chi connectivity index (χ1n) is 8.41. The molecule has 0 aliphatic rings. The van der Waals surface area contributed by atoms with Crippen molar-refractivity contribution in [3.05, 3.63) is 89.4 Å². The summed E-state index contributed by atoms with van der Waals surface area (Å²) in [5.74, 6) is 0.563. The number of fused-ring (bicyclic) bond motifs is 1. The molecule has 0 radical (unpaired) electrons. The molecule has 4 aromatic rings. The molecule has 3 heteroatoms. The molecule has 25 heavy (non-hydrogen) atoms. The Hall–Kier alpha value is -2.91. The number of aliphatic hydroxyl groups is 1. The first-order chi connectivity index (χ1) is 12.1. The number of aromatic amines is 1. The van der Waals surface area contributed by atoms with Gasteiger partial charge in [0.2, 0.25) is 0 Å². The van der Waals surface area contributed by atoms with Gasteiger partial charge in [-0.05, 0) is 30.2 Å². The summed E-state index contributed by atoms with van der Waals surface area (Å²) >= 11 is 0. The van der Waals surface area contributed by atoms with E-state index in [0.29, 0.717) is 5.82 Å². The molecule has 0 bridgehead atoms. The molecular weight excluding hydrogens is 308 g/mol. The Labute approximate surface area is 147 Å². The van der Waals surface area contributed by atoms with Crippen LogP contribution in [0.25, 0.3) is 22.0 Å². The Balaban J connectivity index is 1.74. The zero-order valence-corrected chi connectivity index (χ0v) is 14.3. The Bertz CT molecular complexity index is 1020. The maximum atomic E-state index is 10.7. The number of hydrogen-bond acceptors (Lipinski definition) is 2. The first-order valence-corrected chi connectivity index (χ1v) is 8.41. The van der Waals surface area contributed by atoms with Gasteiger partial charge >= 0.3 is 0 Å². The second-order valence-electron chi connectivity index (χ2n) is 6.53. The number of nitrogens with one attached hydrogen (secondary N) is 1. The molecule has 0 aliphatic heterocycles. The third kappa shape index (κ3) is 2.94. The van der Waals surface area contributed by atoms with Crippen LogP contribution >= 0.6 is 0 Å². The zero-order valence-electron chi connectivity index (χ0n) is 14.3. The molecule has 3 nitrogen and oxygen atoms in total. The molecule has 0 saturated carbocycles. The lowest BCUT2D eigenvalue weighted by atomic mass is 10.0. The highest BCUT2D eigenvalue weighted by Crippen LogP contribution is 2.29. The molecule has 0 fully saturated rings. The maximum absolute atomic E-state index is 10.7. The first kappa shape index (κ1) is 15.6. The summed E-state index contributed by atoms with van der Waals surface area (Å²) in [4.78, 5) is 7.73. The molecular formula is C22H20N2O. The molecule has 1 atom stereocenters. The second-order valence-corrected chi connectivity index (χ2v) is 6.53. The number of hydrogen-bond donors (Lipinski definition) is 2. The van der Waals surface area contributed by atoms with E-state index in [-0.39, 0.29) is 0 Å². The predicted octanol–water partition coefficient (Wildman–Crippen LogP) is 4.93. The molecule has 2 N–H and O–H groups in total. The van der Waals surface area contributed by atoms with Gasteiger partial charge in [0.05, 0.1) is 11.9 Å². The monoisotopic (exact) mass is 328 g/mol. The van der Waals surface area contributed by atoms with E-state index in [0.717, 1.165) is 27.9 Å². The number of aliphatic hydroxyl groups excluding tert-OH is 1. The molecule has 124 valence electrons. The van der Waals surface area contributed by atoms with Gasteiger partial charge in [0.15, 0.2) is 0 Å². The fourth-order valence-corrected chi connectivity index (χ4v) is 3.40. The molecule has 0 saturated heterocycles. The van der Waals surface area contributed by atoms with Gasteiger partial charge in [-0.3, -0.25) is 0 Å². The van der Waals surface area contributed by atoms with Gasteiger partial charge in [-0.1, -0.05) is 71.8 Å². The minimum Gasteiger partial charge on any atom is -0.380 e. The lowest BCUT2D eigenvalue weighted by molar-refractivity contribution is 0.211. The Kier molecular flexibility index (Phi) is 3.86. The summed E-state index contributed by atoms with van der Waals surface area (Å²) in [5.41, 5.74) is 5.13. The molecule has 3 aromatic carbocycles. The topological polar surface area (TPSA) is 48.9 Å². The Morgan fingerprint density at radius 2 is 1.64 bits per heavy atom. The van der Waals surface area contributed by atoms with E-state index in [2.05, 4.69) is 40.3 Å². The van der Waals surface area contributed by atoms with Crippen LogP contribution in [0.15, 0.2) is 66.9 Å². The van der Waals surface area contributed by atoms with Crippen molar-refractivity contribution in [3.8, 4) is 11.3 Å². The molecule has 4 rings (SSSR count). The number of aromatic nitrogens is 2. The SMILES string of the molecule is Cc1cc(C)cc(C(O)c2ncc(-c3cccc4ccccc34)[nH]2)c1. The lowest BCUT2D eigenvalue weighted by Gasteiger charge is -2.10. The minimum atomic E-state index is -0.762. The molecule has 0 amide bonds. The quantitative estimate of drug-likeness (QED) is 0.560. The van der Waals surface area contributed by atoms with E-state index in [1.807, 2.05) is 44.2 Å². The van der Waals surface area contributed by atoms with Crippen molar-refractivity contribution in [3.63, 3.8) is 0 Å². The lowest BCUT2D eigenvalue weighted by Crippen LogP contribution is -2.02. The van der Waals surface area contributed by atoms with Crippen molar-refractivity contribution in [1.82, 2.24) is 9.97 Å². The fraction of sp³-hybridized carbons (Fsp3) is 0.136. The van der Waals surface area contributed by atoms with Crippen molar-refractivity contribution in [1.29, 1.82) is 0 Å². The average Bonchev–Trinajstić information content (AvgIpc) is 3.09. The molecule has 1 heterocycles. The van der Waals surface area contributed by atoms with Crippen LogP contribution in [0.2, 0.25) is 0 Å². The molecule has 0 aliphatic carbocycles. The smallest absolute Gasteiger partial charge is 0.140 e. The number of H-pyrrole nitrogens is 1. The van der Waals surface area contributed by atoms with Gasteiger partial charge < -0.3 is 10.1 Å². The van der Waals surface area contributed by atoms with Crippen LogP contribution in [-0.2, 0) is 0 Å². The number of nitrogens with zero attached hydrogens (tertiary/aromatic N) is 1. The highest BCUT2D eigenvalue weighted by Gasteiger charge is 2.16. The van der Waals surface area contributed by atoms with Crippen LogP contribution < -0.4 is 0 Å². The summed E-state index contributed by atoms with van der Waals surface area (Å²) in [6.45, 7) is 4.07. The number of imidazole rings is 1. The summed E-state index contributed by atoms with van der Waals surface area (Å²) < 4.78 is 0. The van der Waals surface area contributed by atoms with Crippen LogP contribution in [-0.4, -0.2) is 15.1 Å². The van der Waals surface area contributed by atoms with Gasteiger partial charge in [0.25, 0.3) is 0 Å². The van der Waals surface area contributed by atoms with E-state index in [1.54, 1.807) is 6.20 Å². The van der Waals surface area contributed by atoms with Crippen molar-refractivity contribution in [2.24, 2.45) is 0 Å². The van der Waals surface area contributed by atoms with Crippen LogP contribution in [0.1, 0.15) is 28.6 Å². The van der Waals surface area contributed by atoms with Crippen molar-refractivity contribution in [2.45, 2.75) is 20.0 Å². The highest BCUT2D eigenvalue weighted by atomic mass is 16.3. The summed E-state index contributed by atoms with van der Waals surface area (Å²) in [6.07, 6.45) is 1.03. The summed E-state index contributed by atoms with van der Waals surface area (Å²) in [7, 11) is 0. The normalized spacial score (nSPS) is 12.4. The maximum Gasteiger partial charge on any atom is 0.140 e. The van der Waals surface area contributed by atoms with E-state index < -0.39 is 6.10 Å². The summed E-state index contributed by atoms with van der Waals surface area (Å²) in [6, 6.07) is 20.6. The minimum absolute atomic E-state index is 0.563. The van der Waals surface area contributed by atoms with Crippen LogP contribution in [0.4, 0.5) is 0 Å². The predicted molar refractivity (Wildman–Crippen MR) is 102 cm³/mol. The largest absolute Gasteiger partial charge is 0.380 e. The number of benzene rings is 3. The van der Waals surface area contributed by atoms with Crippen molar-refractivity contribution in [2.75, 3.05) is 0 Å². The fourth-order valence-electron chi connectivity index (χ4n) is 3.40. The molecule has 1 unspecified atom stereocenters. The molecule has 1 aromatic heterocycles. The third-order valence-electron chi connectivity index (χ3n) is 4.49. The standard InChI is InChI=1S/C22H20N2O/c1-14-10-15(2)12-17(11-14)21(25)22-23-13-20(24-22)19-9-5-7-16-6-3-4-8-18(16)19/h3-13,21,25H,1-2H3,(H,23,24). The Morgan fingerprint density at radius 1 is 0.920 bits per heavy atom. The zero-order chi connectivity index (χ0) is 17.4. The van der Waals surface area contributed by atoms with Crippen LogP contribution in [0.5, 0.6) is 0 Å².